The second-order valence-electron chi connectivity index (χ2n) is 4.10. The average Bonchev–Trinajstić information content (AvgIpc) is 2.96. The van der Waals surface area contributed by atoms with Gasteiger partial charge in [-0.2, -0.15) is 5.10 Å². The highest BCUT2D eigenvalue weighted by Crippen LogP contribution is 2.32. The third-order valence-corrected chi connectivity index (χ3v) is 2.93. The summed E-state index contributed by atoms with van der Waals surface area (Å²) in [4.78, 5) is 10.9. The standard InChI is InChI=1S/C13H9FN2O3/c1-16-10(6-9(15-16)13(17)18)11-8(14)3-2-7-4-5-19-12(7)11/h2-6H,1H3,(H,17,18). The Labute approximate surface area is 106 Å². The van der Waals surface area contributed by atoms with Crippen molar-refractivity contribution in [3.63, 3.8) is 0 Å². The van der Waals surface area contributed by atoms with Crippen LogP contribution in [0.15, 0.2) is 34.9 Å². The van der Waals surface area contributed by atoms with E-state index in [1.165, 1.54) is 23.1 Å². The molecule has 3 aromatic rings. The summed E-state index contributed by atoms with van der Waals surface area (Å²) >= 11 is 0. The maximum absolute atomic E-state index is 14.0. The number of aryl methyl sites for hydroxylation is 1. The Balaban J connectivity index is 2.32. The first-order valence-electron chi connectivity index (χ1n) is 5.51. The number of rotatable bonds is 2. The Morgan fingerprint density at radius 3 is 2.89 bits per heavy atom. The number of carbonyl (C=O) groups is 1. The van der Waals surface area contributed by atoms with Gasteiger partial charge in [0, 0.05) is 12.4 Å². The molecule has 1 aromatic carbocycles. The fraction of sp³-hybridized carbons (Fsp3) is 0.0769. The molecule has 0 atom stereocenters. The van der Waals surface area contributed by atoms with Gasteiger partial charge in [-0.3, -0.25) is 4.68 Å². The van der Waals surface area contributed by atoms with Crippen molar-refractivity contribution in [1.82, 2.24) is 9.78 Å². The van der Waals surface area contributed by atoms with E-state index in [1.54, 1.807) is 19.2 Å². The lowest BCUT2D eigenvalue weighted by atomic mass is 10.1. The number of aromatic carboxylic acids is 1. The molecule has 0 aliphatic rings. The summed E-state index contributed by atoms with van der Waals surface area (Å²) in [7, 11) is 1.56. The van der Waals surface area contributed by atoms with Crippen molar-refractivity contribution in [2.24, 2.45) is 7.05 Å². The van der Waals surface area contributed by atoms with Gasteiger partial charge < -0.3 is 9.52 Å². The van der Waals surface area contributed by atoms with E-state index in [1.807, 2.05) is 0 Å². The van der Waals surface area contributed by atoms with Crippen LogP contribution in [-0.2, 0) is 7.05 Å². The smallest absolute Gasteiger partial charge is 0.356 e. The number of nitrogens with zero attached hydrogens (tertiary/aromatic N) is 2. The minimum absolute atomic E-state index is 0.138. The van der Waals surface area contributed by atoms with E-state index >= 15 is 0 Å². The van der Waals surface area contributed by atoms with Crippen molar-refractivity contribution in [2.45, 2.75) is 0 Å². The lowest BCUT2D eigenvalue weighted by Gasteiger charge is -2.04. The molecule has 0 bridgehead atoms. The number of halogens is 1. The molecule has 0 aliphatic carbocycles. The van der Waals surface area contributed by atoms with Crippen LogP contribution in [0.4, 0.5) is 4.39 Å². The molecule has 6 heteroatoms. The second-order valence-corrected chi connectivity index (χ2v) is 4.10. The highest BCUT2D eigenvalue weighted by Gasteiger charge is 2.19. The van der Waals surface area contributed by atoms with Crippen molar-refractivity contribution >= 4 is 16.9 Å². The van der Waals surface area contributed by atoms with Crippen molar-refractivity contribution in [1.29, 1.82) is 0 Å². The van der Waals surface area contributed by atoms with Crippen LogP contribution in [0.5, 0.6) is 0 Å². The van der Waals surface area contributed by atoms with Crippen LogP contribution in [-0.4, -0.2) is 20.9 Å². The number of fused-ring (bicyclic) bond motifs is 1. The van der Waals surface area contributed by atoms with Gasteiger partial charge in [0.1, 0.15) is 11.4 Å². The Bertz CT molecular complexity index is 788. The van der Waals surface area contributed by atoms with Crippen molar-refractivity contribution in [3.05, 3.63) is 42.0 Å². The number of hydrogen-bond acceptors (Lipinski definition) is 3. The molecule has 0 saturated carbocycles. The summed E-state index contributed by atoms with van der Waals surface area (Å²) in [6, 6.07) is 5.96. The minimum atomic E-state index is -1.16. The van der Waals surface area contributed by atoms with Gasteiger partial charge in [0.25, 0.3) is 0 Å². The van der Waals surface area contributed by atoms with Gasteiger partial charge in [-0.05, 0) is 24.3 Å². The van der Waals surface area contributed by atoms with Gasteiger partial charge >= 0.3 is 5.97 Å². The van der Waals surface area contributed by atoms with Crippen LogP contribution < -0.4 is 0 Å². The number of furan rings is 1. The molecule has 3 rings (SSSR count). The monoisotopic (exact) mass is 260 g/mol. The third-order valence-electron chi connectivity index (χ3n) is 2.93. The van der Waals surface area contributed by atoms with E-state index in [0.29, 0.717) is 11.3 Å². The molecule has 1 N–H and O–H groups in total. The summed E-state index contributed by atoms with van der Waals surface area (Å²) in [5, 5.41) is 13.5. The fourth-order valence-corrected chi connectivity index (χ4v) is 2.05. The van der Waals surface area contributed by atoms with Crippen LogP contribution in [0.2, 0.25) is 0 Å². The lowest BCUT2D eigenvalue weighted by Crippen LogP contribution is -1.99. The van der Waals surface area contributed by atoms with Gasteiger partial charge in [0.15, 0.2) is 5.69 Å². The number of carboxylic acid groups (broad SMARTS) is 1. The fourth-order valence-electron chi connectivity index (χ4n) is 2.05. The predicted octanol–water partition coefficient (Wildman–Crippen LogP) is 2.67. The Kier molecular flexibility index (Phi) is 2.38. The molecular weight excluding hydrogens is 251 g/mol. The summed E-state index contributed by atoms with van der Waals surface area (Å²) in [6.07, 6.45) is 1.46. The minimum Gasteiger partial charge on any atom is -0.476 e. The van der Waals surface area contributed by atoms with Crippen LogP contribution in [0.3, 0.4) is 0 Å². The van der Waals surface area contributed by atoms with Gasteiger partial charge in [-0.25, -0.2) is 9.18 Å². The molecule has 2 heterocycles. The molecule has 0 unspecified atom stereocenters. The van der Waals surface area contributed by atoms with E-state index in [2.05, 4.69) is 5.10 Å². The van der Waals surface area contributed by atoms with E-state index < -0.39 is 11.8 Å². The summed E-state index contributed by atoms with van der Waals surface area (Å²) in [6.45, 7) is 0. The second kappa shape index (κ2) is 3.94. The van der Waals surface area contributed by atoms with Crippen molar-refractivity contribution in [3.8, 4) is 11.3 Å². The van der Waals surface area contributed by atoms with Crippen molar-refractivity contribution in [2.75, 3.05) is 0 Å². The molecule has 96 valence electrons. The molecular formula is C13H9FN2O3. The van der Waals surface area contributed by atoms with E-state index in [0.717, 1.165) is 5.39 Å². The van der Waals surface area contributed by atoms with Crippen LogP contribution >= 0.6 is 0 Å². The number of aromatic nitrogens is 2. The van der Waals surface area contributed by atoms with Crippen LogP contribution in [0.1, 0.15) is 10.5 Å². The zero-order valence-corrected chi connectivity index (χ0v) is 9.92. The maximum atomic E-state index is 14.0. The largest absolute Gasteiger partial charge is 0.476 e. The Morgan fingerprint density at radius 1 is 1.42 bits per heavy atom. The molecule has 0 fully saturated rings. The third kappa shape index (κ3) is 1.69. The molecule has 0 aliphatic heterocycles. The summed E-state index contributed by atoms with van der Waals surface area (Å²) < 4.78 is 20.6. The molecule has 0 saturated heterocycles. The van der Waals surface area contributed by atoms with E-state index in [9.17, 15) is 9.18 Å². The molecule has 2 aromatic heterocycles. The topological polar surface area (TPSA) is 68.3 Å². The Morgan fingerprint density at radius 2 is 2.21 bits per heavy atom. The number of carboxylic acids is 1. The maximum Gasteiger partial charge on any atom is 0.356 e. The van der Waals surface area contributed by atoms with Crippen LogP contribution in [0.25, 0.3) is 22.2 Å². The van der Waals surface area contributed by atoms with E-state index in [-0.39, 0.29) is 11.3 Å². The quantitative estimate of drug-likeness (QED) is 0.769. The molecule has 19 heavy (non-hydrogen) atoms. The van der Waals surface area contributed by atoms with Gasteiger partial charge in [0.2, 0.25) is 0 Å². The number of benzene rings is 1. The molecule has 0 amide bonds. The van der Waals surface area contributed by atoms with Gasteiger partial charge in [-0.1, -0.05) is 0 Å². The first-order valence-corrected chi connectivity index (χ1v) is 5.51. The normalized spacial score (nSPS) is 11.1. The number of hydrogen-bond donors (Lipinski definition) is 1. The van der Waals surface area contributed by atoms with Crippen molar-refractivity contribution < 1.29 is 18.7 Å². The summed E-state index contributed by atoms with van der Waals surface area (Å²) in [5.74, 6) is -1.64. The SMILES string of the molecule is Cn1nc(C(=O)O)cc1-c1c(F)ccc2ccoc12. The molecule has 0 radical (unpaired) electrons. The average molecular weight is 260 g/mol. The first-order chi connectivity index (χ1) is 9.08. The van der Waals surface area contributed by atoms with Gasteiger partial charge in [-0.15, -0.1) is 0 Å². The van der Waals surface area contributed by atoms with Gasteiger partial charge in [0.05, 0.1) is 17.5 Å². The first kappa shape index (κ1) is 11.5. The Hall–Kier alpha value is -2.63. The lowest BCUT2D eigenvalue weighted by molar-refractivity contribution is 0.0689. The zero-order valence-electron chi connectivity index (χ0n) is 9.92. The zero-order chi connectivity index (χ0) is 13.6. The molecule has 5 nitrogen and oxygen atoms in total. The molecule has 0 spiro atoms. The summed E-state index contributed by atoms with van der Waals surface area (Å²) in [5.41, 5.74) is 0.806. The van der Waals surface area contributed by atoms with E-state index in [4.69, 9.17) is 9.52 Å². The highest BCUT2D eigenvalue weighted by atomic mass is 19.1. The predicted molar refractivity (Wildman–Crippen MR) is 65.3 cm³/mol. The highest BCUT2D eigenvalue weighted by molar-refractivity contribution is 5.94. The van der Waals surface area contributed by atoms with Crippen LogP contribution in [0, 0.1) is 5.82 Å².